The highest BCUT2D eigenvalue weighted by atomic mass is 79.9. The number of aromatic nitrogens is 2. The molecule has 0 atom stereocenters. The minimum Gasteiger partial charge on any atom is -0.291 e. The molecule has 23 heavy (non-hydrogen) atoms. The molecule has 0 bridgehead atoms. The highest BCUT2D eigenvalue weighted by molar-refractivity contribution is 9.25. The Bertz CT molecular complexity index is 803. The average Bonchev–Trinajstić information content (AvgIpc) is 2.62. The predicted octanol–water partition coefficient (Wildman–Crippen LogP) is 4.97. The fraction of sp³-hybridized carbons (Fsp3) is 0.0556. The standard InChI is InChI=1S/C18H12Br2N2O/c19-18(20,16(23)14-9-5-2-6-10-14)17-21-11-15(12-22-17)13-7-3-1-4-8-13/h1-12H. The Hall–Kier alpha value is -1.85. The van der Waals surface area contributed by atoms with Crippen molar-refractivity contribution in [2.45, 2.75) is 3.23 Å². The molecule has 5 heteroatoms. The maximum absolute atomic E-state index is 12.6. The molecule has 0 aliphatic carbocycles. The summed E-state index contributed by atoms with van der Waals surface area (Å²) in [5.74, 6) is 0.219. The summed E-state index contributed by atoms with van der Waals surface area (Å²) in [6.07, 6.45) is 3.43. The van der Waals surface area contributed by atoms with Gasteiger partial charge in [0.15, 0.2) is 11.6 Å². The molecule has 114 valence electrons. The Morgan fingerprint density at radius 1 is 0.783 bits per heavy atom. The molecular weight excluding hydrogens is 420 g/mol. The zero-order chi connectivity index (χ0) is 16.3. The number of carbonyl (C=O) groups is 1. The van der Waals surface area contributed by atoms with Crippen LogP contribution in [0, 0.1) is 0 Å². The Kier molecular flexibility index (Phi) is 4.68. The summed E-state index contributed by atoms with van der Waals surface area (Å²) in [4.78, 5) is 21.3. The van der Waals surface area contributed by atoms with Crippen LogP contribution in [0.2, 0.25) is 0 Å². The number of hydrogen-bond donors (Lipinski definition) is 0. The number of halogens is 2. The van der Waals surface area contributed by atoms with Crippen molar-refractivity contribution in [3.8, 4) is 11.1 Å². The van der Waals surface area contributed by atoms with Crippen molar-refractivity contribution in [1.82, 2.24) is 9.97 Å². The van der Waals surface area contributed by atoms with Crippen molar-refractivity contribution in [1.29, 1.82) is 0 Å². The van der Waals surface area contributed by atoms with Crippen LogP contribution in [0.15, 0.2) is 73.1 Å². The third-order valence-corrected chi connectivity index (χ3v) is 4.79. The van der Waals surface area contributed by atoms with Gasteiger partial charge in [-0.3, -0.25) is 4.79 Å². The summed E-state index contributed by atoms with van der Waals surface area (Å²) < 4.78 is -1.14. The maximum atomic E-state index is 12.6. The predicted molar refractivity (Wildman–Crippen MR) is 97.8 cm³/mol. The van der Waals surface area contributed by atoms with Gasteiger partial charge >= 0.3 is 0 Å². The van der Waals surface area contributed by atoms with Crippen LogP contribution in [0.3, 0.4) is 0 Å². The summed E-state index contributed by atoms with van der Waals surface area (Å²) in [7, 11) is 0. The fourth-order valence-corrected chi connectivity index (χ4v) is 3.01. The van der Waals surface area contributed by atoms with Gasteiger partial charge in [-0.25, -0.2) is 9.97 Å². The molecule has 0 spiro atoms. The van der Waals surface area contributed by atoms with Crippen LogP contribution in [-0.2, 0) is 3.23 Å². The highest BCUT2D eigenvalue weighted by Gasteiger charge is 2.38. The van der Waals surface area contributed by atoms with E-state index in [4.69, 9.17) is 0 Å². The monoisotopic (exact) mass is 430 g/mol. The van der Waals surface area contributed by atoms with E-state index in [1.807, 2.05) is 48.5 Å². The molecule has 2 aromatic carbocycles. The molecule has 0 unspecified atom stereocenters. The molecule has 0 fully saturated rings. The van der Waals surface area contributed by atoms with E-state index < -0.39 is 3.23 Å². The van der Waals surface area contributed by atoms with E-state index in [2.05, 4.69) is 41.8 Å². The van der Waals surface area contributed by atoms with E-state index >= 15 is 0 Å². The molecule has 0 N–H and O–H groups in total. The van der Waals surface area contributed by atoms with Gasteiger partial charge < -0.3 is 0 Å². The lowest BCUT2D eigenvalue weighted by molar-refractivity contribution is 0.0980. The summed E-state index contributed by atoms with van der Waals surface area (Å²) in [6.45, 7) is 0. The minimum atomic E-state index is -1.14. The first-order valence-corrected chi connectivity index (χ1v) is 8.53. The molecular formula is C18H12Br2N2O. The second-order valence-electron chi connectivity index (χ2n) is 4.93. The number of hydrogen-bond acceptors (Lipinski definition) is 3. The number of alkyl halides is 2. The first-order valence-electron chi connectivity index (χ1n) is 6.94. The van der Waals surface area contributed by atoms with Gasteiger partial charge in [0.1, 0.15) is 0 Å². The van der Waals surface area contributed by atoms with E-state index in [0.717, 1.165) is 11.1 Å². The number of Topliss-reactive ketones (excluding diaryl/α,β-unsaturated/α-hetero) is 1. The van der Waals surface area contributed by atoms with Crippen LogP contribution >= 0.6 is 31.9 Å². The third-order valence-electron chi connectivity index (χ3n) is 3.36. The molecule has 0 saturated heterocycles. The molecule has 0 radical (unpaired) electrons. The summed E-state index contributed by atoms with van der Waals surface area (Å²) in [5, 5.41) is 0. The van der Waals surface area contributed by atoms with Crippen molar-refractivity contribution >= 4 is 37.6 Å². The summed E-state index contributed by atoms with van der Waals surface area (Å²) in [6, 6.07) is 18.9. The van der Waals surface area contributed by atoms with Crippen molar-refractivity contribution in [3.63, 3.8) is 0 Å². The van der Waals surface area contributed by atoms with Crippen molar-refractivity contribution < 1.29 is 4.79 Å². The third kappa shape index (κ3) is 3.41. The largest absolute Gasteiger partial charge is 0.291 e. The molecule has 0 amide bonds. The topological polar surface area (TPSA) is 42.9 Å². The van der Waals surface area contributed by atoms with Crippen LogP contribution in [0.4, 0.5) is 0 Å². The van der Waals surface area contributed by atoms with Crippen LogP contribution in [0.5, 0.6) is 0 Å². The van der Waals surface area contributed by atoms with E-state index in [1.54, 1.807) is 24.5 Å². The molecule has 0 saturated carbocycles. The molecule has 0 aliphatic rings. The second-order valence-corrected chi connectivity index (χ2v) is 8.37. The van der Waals surface area contributed by atoms with Gasteiger partial charge in [-0.1, -0.05) is 92.5 Å². The first-order chi connectivity index (χ1) is 11.1. The first kappa shape index (κ1) is 16.0. The minimum absolute atomic E-state index is 0.148. The lowest BCUT2D eigenvalue weighted by atomic mass is 10.1. The van der Waals surface area contributed by atoms with Crippen LogP contribution in [-0.4, -0.2) is 15.8 Å². The van der Waals surface area contributed by atoms with Crippen molar-refractivity contribution in [3.05, 3.63) is 84.4 Å². The molecule has 3 rings (SSSR count). The molecule has 3 nitrogen and oxygen atoms in total. The lowest BCUT2D eigenvalue weighted by Crippen LogP contribution is -2.25. The maximum Gasteiger partial charge on any atom is 0.202 e. The summed E-state index contributed by atoms with van der Waals surface area (Å²) in [5.41, 5.74) is 2.51. The van der Waals surface area contributed by atoms with Gasteiger partial charge in [-0.05, 0) is 5.56 Å². The Labute approximate surface area is 151 Å². The van der Waals surface area contributed by atoms with Crippen LogP contribution < -0.4 is 0 Å². The van der Waals surface area contributed by atoms with Crippen molar-refractivity contribution in [2.24, 2.45) is 0 Å². The quantitative estimate of drug-likeness (QED) is 0.432. The van der Waals surface area contributed by atoms with Gasteiger partial charge in [-0.15, -0.1) is 0 Å². The fourth-order valence-electron chi connectivity index (χ4n) is 2.14. The Morgan fingerprint density at radius 3 is 1.87 bits per heavy atom. The molecule has 1 heterocycles. The SMILES string of the molecule is O=C(c1ccccc1)C(Br)(Br)c1ncc(-c2ccccc2)cn1. The van der Waals surface area contributed by atoms with Gasteiger partial charge in [0.2, 0.25) is 3.23 Å². The van der Waals surface area contributed by atoms with Crippen LogP contribution in [0.25, 0.3) is 11.1 Å². The normalized spacial score (nSPS) is 11.2. The lowest BCUT2D eigenvalue weighted by Gasteiger charge is -2.17. The van der Waals surface area contributed by atoms with E-state index in [-0.39, 0.29) is 5.78 Å². The molecule has 1 aromatic heterocycles. The van der Waals surface area contributed by atoms with Gasteiger partial charge in [0, 0.05) is 23.5 Å². The van der Waals surface area contributed by atoms with Gasteiger partial charge in [0.25, 0.3) is 0 Å². The molecule has 3 aromatic rings. The number of carbonyl (C=O) groups excluding carboxylic acids is 1. The smallest absolute Gasteiger partial charge is 0.202 e. The van der Waals surface area contributed by atoms with Gasteiger partial charge in [-0.2, -0.15) is 0 Å². The number of rotatable bonds is 4. The summed E-state index contributed by atoms with van der Waals surface area (Å²) >= 11 is 6.83. The number of ketones is 1. The average molecular weight is 432 g/mol. The molecule has 0 aliphatic heterocycles. The van der Waals surface area contributed by atoms with Gasteiger partial charge in [0.05, 0.1) is 0 Å². The van der Waals surface area contributed by atoms with E-state index in [1.165, 1.54) is 0 Å². The van der Waals surface area contributed by atoms with E-state index in [9.17, 15) is 4.79 Å². The zero-order valence-electron chi connectivity index (χ0n) is 12.0. The van der Waals surface area contributed by atoms with Crippen molar-refractivity contribution in [2.75, 3.05) is 0 Å². The number of benzene rings is 2. The Balaban J connectivity index is 1.90. The highest BCUT2D eigenvalue weighted by Crippen LogP contribution is 2.39. The Morgan fingerprint density at radius 2 is 1.30 bits per heavy atom. The second kappa shape index (κ2) is 6.72. The number of nitrogens with zero attached hydrogens (tertiary/aromatic N) is 2. The van der Waals surface area contributed by atoms with E-state index in [0.29, 0.717) is 11.4 Å². The zero-order valence-corrected chi connectivity index (χ0v) is 15.2. The van der Waals surface area contributed by atoms with Crippen LogP contribution in [0.1, 0.15) is 16.2 Å².